The zero-order valence-electron chi connectivity index (χ0n) is 22.7. The fraction of sp³-hybridized carbons (Fsp3) is 0.500. The van der Waals surface area contributed by atoms with Crippen LogP contribution in [-0.2, 0) is 19.5 Å². The maximum atomic E-state index is 11.5. The molecule has 0 amide bonds. The van der Waals surface area contributed by atoms with Crippen LogP contribution in [0.1, 0.15) is 36.1 Å². The van der Waals surface area contributed by atoms with Crippen LogP contribution in [0.2, 0.25) is 0 Å². The van der Waals surface area contributed by atoms with Gasteiger partial charge in [-0.05, 0) is 36.3 Å². The summed E-state index contributed by atoms with van der Waals surface area (Å²) in [6.07, 6.45) is 0.846. The third-order valence-electron chi connectivity index (χ3n) is 8.09. The molecule has 3 aromatic rings. The SMILES string of the molecule is CCN1CCN(Cc2cc(-c3ssc(=S)c3Cc3ccccc3)cc(CN3CCN(CC)CC3)c2O)CC1. The van der Waals surface area contributed by atoms with E-state index in [1.807, 2.05) is 0 Å². The third kappa shape index (κ3) is 6.73. The van der Waals surface area contributed by atoms with Gasteiger partial charge in [0.15, 0.2) is 0 Å². The van der Waals surface area contributed by atoms with Crippen LogP contribution in [0.5, 0.6) is 5.75 Å². The first kappa shape index (κ1) is 27.9. The molecule has 0 radical (unpaired) electrons. The van der Waals surface area contributed by atoms with Crippen molar-refractivity contribution in [3.63, 3.8) is 0 Å². The first-order chi connectivity index (χ1) is 18.5. The zero-order valence-corrected chi connectivity index (χ0v) is 25.1. The van der Waals surface area contributed by atoms with Gasteiger partial charge in [0.05, 0.1) is 4.88 Å². The highest BCUT2D eigenvalue weighted by Crippen LogP contribution is 2.40. The zero-order chi connectivity index (χ0) is 26.5. The lowest BCUT2D eigenvalue weighted by atomic mass is 9.98. The van der Waals surface area contributed by atoms with Crippen LogP contribution in [0.15, 0.2) is 42.5 Å². The van der Waals surface area contributed by atoms with E-state index >= 15 is 0 Å². The summed E-state index contributed by atoms with van der Waals surface area (Å²) >= 11 is 5.82. The molecule has 2 aromatic carbocycles. The van der Waals surface area contributed by atoms with Gasteiger partial charge in [0.2, 0.25) is 0 Å². The minimum Gasteiger partial charge on any atom is -0.507 e. The predicted molar refractivity (Wildman–Crippen MR) is 164 cm³/mol. The highest BCUT2D eigenvalue weighted by atomic mass is 32.9. The van der Waals surface area contributed by atoms with Gasteiger partial charge in [-0.1, -0.05) is 77.1 Å². The number of nitrogens with zero attached hydrogens (tertiary/aromatic N) is 4. The molecule has 0 atom stereocenters. The van der Waals surface area contributed by atoms with Crippen molar-refractivity contribution in [3.05, 3.63) is 68.5 Å². The van der Waals surface area contributed by atoms with E-state index in [1.165, 1.54) is 21.6 Å². The number of likely N-dealkylation sites (N-methyl/N-ethyl adjacent to an activating group) is 2. The number of hydrogen-bond acceptors (Lipinski definition) is 8. The van der Waals surface area contributed by atoms with Gasteiger partial charge in [0, 0.05) is 88.6 Å². The number of benzene rings is 2. The van der Waals surface area contributed by atoms with E-state index in [2.05, 4.69) is 75.9 Å². The second-order valence-electron chi connectivity index (χ2n) is 10.5. The van der Waals surface area contributed by atoms with Crippen molar-refractivity contribution < 1.29 is 5.11 Å². The Kier molecular flexibility index (Phi) is 9.64. The van der Waals surface area contributed by atoms with E-state index in [1.54, 1.807) is 20.7 Å². The summed E-state index contributed by atoms with van der Waals surface area (Å²) in [5.74, 6) is 0.480. The number of hydrogen-bond donors (Lipinski definition) is 1. The lowest BCUT2D eigenvalue weighted by Gasteiger charge is -2.35. The Hall–Kier alpha value is -1.65. The van der Waals surface area contributed by atoms with Crippen molar-refractivity contribution in [3.8, 4) is 16.2 Å². The molecule has 2 saturated heterocycles. The molecule has 2 fully saturated rings. The van der Waals surface area contributed by atoms with E-state index in [9.17, 15) is 5.11 Å². The Morgan fingerprint density at radius 1 is 0.737 bits per heavy atom. The van der Waals surface area contributed by atoms with Crippen molar-refractivity contribution in [2.75, 3.05) is 65.4 Å². The lowest BCUT2D eigenvalue weighted by Crippen LogP contribution is -2.45. The minimum absolute atomic E-state index is 0.480. The van der Waals surface area contributed by atoms with E-state index in [4.69, 9.17) is 12.2 Å². The first-order valence-corrected chi connectivity index (χ1v) is 16.5. The standard InChI is InChI=1S/C30H40N4OS3/c1-3-31-10-14-33(15-11-31)21-25-19-24(20-26(28(25)35)22-34-16-12-32(4-2)13-17-34)29-27(30(36)38-37-29)18-23-8-6-5-7-9-23/h5-9,19-20,35H,3-4,10-18,21-22H2,1-2H3. The van der Waals surface area contributed by atoms with E-state index in [-0.39, 0.29) is 0 Å². The van der Waals surface area contributed by atoms with E-state index in [0.717, 1.165) is 99.9 Å². The smallest absolute Gasteiger partial charge is 0.124 e. The van der Waals surface area contributed by atoms with Crippen molar-refractivity contribution in [1.82, 2.24) is 19.6 Å². The largest absolute Gasteiger partial charge is 0.507 e. The van der Waals surface area contributed by atoms with Gasteiger partial charge in [-0.25, -0.2) is 0 Å². The molecule has 2 aliphatic rings. The molecule has 1 aromatic heterocycles. The molecule has 0 spiro atoms. The van der Waals surface area contributed by atoms with Gasteiger partial charge in [0.1, 0.15) is 9.57 Å². The van der Waals surface area contributed by atoms with Crippen LogP contribution in [0.25, 0.3) is 10.4 Å². The van der Waals surface area contributed by atoms with Crippen LogP contribution in [0.3, 0.4) is 0 Å². The van der Waals surface area contributed by atoms with Crippen LogP contribution in [-0.4, -0.2) is 90.2 Å². The molecular weight excluding hydrogens is 529 g/mol. The summed E-state index contributed by atoms with van der Waals surface area (Å²) < 4.78 is 0.983. The maximum Gasteiger partial charge on any atom is 0.124 e. The van der Waals surface area contributed by atoms with Crippen molar-refractivity contribution in [2.24, 2.45) is 0 Å². The summed E-state index contributed by atoms with van der Waals surface area (Å²) in [6.45, 7) is 16.8. The third-order valence-corrected chi connectivity index (χ3v) is 11.3. The molecule has 204 valence electrons. The minimum atomic E-state index is 0.480. The average Bonchev–Trinajstić information content (AvgIpc) is 3.31. The number of phenols is 1. The average molecular weight is 569 g/mol. The number of piperazine rings is 2. The Morgan fingerprint density at radius 3 is 1.74 bits per heavy atom. The highest BCUT2D eigenvalue weighted by Gasteiger charge is 2.23. The quantitative estimate of drug-likeness (QED) is 0.260. The molecule has 0 bridgehead atoms. The van der Waals surface area contributed by atoms with Crippen LogP contribution < -0.4 is 0 Å². The summed E-state index contributed by atoms with van der Waals surface area (Å²) in [4.78, 5) is 11.3. The highest BCUT2D eigenvalue weighted by molar-refractivity contribution is 7.80. The lowest BCUT2D eigenvalue weighted by molar-refractivity contribution is 0.128. The van der Waals surface area contributed by atoms with Gasteiger partial charge in [-0.2, -0.15) is 0 Å². The predicted octanol–water partition coefficient (Wildman–Crippen LogP) is 5.78. The van der Waals surface area contributed by atoms with Gasteiger partial charge in [-0.15, -0.1) is 0 Å². The topological polar surface area (TPSA) is 33.2 Å². The molecule has 0 aliphatic carbocycles. The molecule has 0 unspecified atom stereocenters. The Morgan fingerprint density at radius 2 is 1.24 bits per heavy atom. The van der Waals surface area contributed by atoms with Crippen LogP contribution in [0.4, 0.5) is 0 Å². The molecule has 8 heteroatoms. The van der Waals surface area contributed by atoms with E-state index < -0.39 is 0 Å². The summed E-state index contributed by atoms with van der Waals surface area (Å²) in [6, 6.07) is 15.1. The number of rotatable bonds is 9. The Balaban J connectivity index is 1.46. The summed E-state index contributed by atoms with van der Waals surface area (Å²) in [5.41, 5.74) is 5.83. The fourth-order valence-electron chi connectivity index (χ4n) is 5.59. The summed E-state index contributed by atoms with van der Waals surface area (Å²) in [7, 11) is 3.49. The monoisotopic (exact) mass is 568 g/mol. The molecule has 0 saturated carbocycles. The van der Waals surface area contributed by atoms with E-state index in [0.29, 0.717) is 5.75 Å². The molecule has 5 nitrogen and oxygen atoms in total. The Labute approximate surface area is 240 Å². The van der Waals surface area contributed by atoms with Gasteiger partial charge < -0.3 is 14.9 Å². The fourth-order valence-corrected chi connectivity index (χ4v) is 8.49. The van der Waals surface area contributed by atoms with Gasteiger partial charge >= 0.3 is 0 Å². The second kappa shape index (κ2) is 13.1. The summed E-state index contributed by atoms with van der Waals surface area (Å²) in [5, 5.41) is 11.5. The maximum absolute atomic E-state index is 11.5. The van der Waals surface area contributed by atoms with Crippen molar-refractivity contribution >= 4 is 32.9 Å². The molecule has 5 rings (SSSR count). The molecule has 3 heterocycles. The van der Waals surface area contributed by atoms with Gasteiger partial charge in [-0.3, -0.25) is 9.80 Å². The Bertz CT molecular complexity index is 1190. The molecule has 2 aliphatic heterocycles. The molecule has 1 N–H and O–H groups in total. The van der Waals surface area contributed by atoms with Crippen LogP contribution in [0, 0.1) is 3.82 Å². The van der Waals surface area contributed by atoms with Crippen LogP contribution >= 0.6 is 32.9 Å². The molecule has 38 heavy (non-hydrogen) atoms. The van der Waals surface area contributed by atoms with Crippen molar-refractivity contribution in [1.29, 1.82) is 0 Å². The first-order valence-electron chi connectivity index (χ1n) is 13.9. The number of aromatic hydroxyl groups is 1. The normalized spacial score (nSPS) is 18.3. The van der Waals surface area contributed by atoms with Gasteiger partial charge in [0.25, 0.3) is 0 Å². The second-order valence-corrected chi connectivity index (χ2v) is 13.3. The molecular formula is C30H40N4OS3. The number of phenolic OH excluding ortho intramolecular Hbond substituents is 1. The van der Waals surface area contributed by atoms with Crippen molar-refractivity contribution in [2.45, 2.75) is 33.4 Å².